The number of H-pyrrole nitrogens is 2. The van der Waals surface area contributed by atoms with Crippen LogP contribution in [0.15, 0.2) is 41.3 Å². The fourth-order valence-corrected chi connectivity index (χ4v) is 3.96. The van der Waals surface area contributed by atoms with Crippen molar-refractivity contribution in [2.75, 3.05) is 6.54 Å². The van der Waals surface area contributed by atoms with Crippen LogP contribution in [0.1, 0.15) is 13.3 Å². The van der Waals surface area contributed by atoms with Gasteiger partial charge in [-0.2, -0.15) is 4.98 Å². The largest absolute Gasteiger partial charge is 0.392 e. The van der Waals surface area contributed by atoms with Crippen molar-refractivity contribution in [1.82, 2.24) is 24.5 Å². The van der Waals surface area contributed by atoms with Gasteiger partial charge in [0.1, 0.15) is 5.69 Å². The molecule has 4 N–H and O–H groups in total. The van der Waals surface area contributed by atoms with Crippen molar-refractivity contribution in [3.05, 3.63) is 57.0 Å². The second-order valence-electron chi connectivity index (χ2n) is 7.77. The van der Waals surface area contributed by atoms with Crippen LogP contribution >= 0.6 is 0 Å². The molecule has 3 heterocycles. The number of carbonyl (C=O) groups is 1. The van der Waals surface area contributed by atoms with Crippen LogP contribution in [0.3, 0.4) is 0 Å². The smallest absolute Gasteiger partial charge is 0.310 e. The molecule has 34 heavy (non-hydrogen) atoms. The second-order valence-corrected chi connectivity index (χ2v) is 7.77. The third-order valence-electron chi connectivity index (χ3n) is 5.45. The lowest BCUT2D eigenvalue weighted by atomic mass is 10.1. The van der Waals surface area contributed by atoms with E-state index in [0.717, 1.165) is 0 Å². The molecule has 0 unspecified atom stereocenters. The highest BCUT2D eigenvalue weighted by atomic mass is 16.6. The van der Waals surface area contributed by atoms with E-state index in [0.29, 0.717) is 58.0 Å². The summed E-state index contributed by atoms with van der Waals surface area (Å²) < 4.78 is 6.84. The first-order valence-corrected chi connectivity index (χ1v) is 10.4. The number of nitrogens with zero attached hydrogens (tertiary/aromatic N) is 4. The molecule has 0 radical (unpaired) electrons. The van der Waals surface area contributed by atoms with Crippen LogP contribution in [0, 0.1) is 10.1 Å². The normalized spacial score (nSPS) is 11.5. The van der Waals surface area contributed by atoms with E-state index in [1.165, 1.54) is 19.1 Å². The number of ether oxygens (including phenoxy) is 1. The Labute approximate surface area is 190 Å². The Kier molecular flexibility index (Phi) is 5.06. The molecule has 0 amide bonds. The van der Waals surface area contributed by atoms with Crippen LogP contribution < -0.4 is 16.0 Å². The summed E-state index contributed by atoms with van der Waals surface area (Å²) in [6.45, 7) is 2.26. The number of hydrogen-bond acceptors (Lipinski definition) is 8. The van der Waals surface area contributed by atoms with Crippen LogP contribution in [-0.2, 0) is 11.3 Å². The van der Waals surface area contributed by atoms with Crippen LogP contribution in [-0.4, -0.2) is 41.9 Å². The lowest BCUT2D eigenvalue weighted by molar-refractivity contribution is -0.384. The predicted octanol–water partition coefficient (Wildman–Crippen LogP) is 2.60. The summed E-state index contributed by atoms with van der Waals surface area (Å²) in [4.78, 5) is 49.6. The number of nitro benzene ring substituents is 1. The first-order valence-electron chi connectivity index (χ1n) is 10.4. The number of carbonyl (C=O) groups excluding carboxylic acids is 1. The van der Waals surface area contributed by atoms with Gasteiger partial charge in [0.15, 0.2) is 0 Å². The number of non-ortho nitro benzene ring substituents is 1. The molecule has 2 aromatic carbocycles. The number of aromatic amines is 2. The Morgan fingerprint density at radius 1 is 1.18 bits per heavy atom. The molecule has 0 aliphatic carbocycles. The minimum Gasteiger partial charge on any atom is -0.392 e. The van der Waals surface area contributed by atoms with Crippen LogP contribution in [0.2, 0.25) is 0 Å². The Bertz CT molecular complexity index is 1660. The second kappa shape index (κ2) is 8.08. The maximum absolute atomic E-state index is 13.0. The zero-order valence-corrected chi connectivity index (χ0v) is 18.0. The average molecular weight is 461 g/mol. The first-order chi connectivity index (χ1) is 16.3. The van der Waals surface area contributed by atoms with Gasteiger partial charge in [-0.15, -0.1) is 0 Å². The number of imidazole rings is 1. The molecule has 0 aliphatic rings. The van der Waals surface area contributed by atoms with Crippen molar-refractivity contribution in [1.29, 1.82) is 0 Å². The molecule has 5 aromatic rings. The Balaban J connectivity index is 1.69. The standard InChI is InChI=1S/C22H19N7O5/c1-11(30)34-22-26-17-8-15-16(9-18(17)27-22)25-21(31)20(24-15)14-10-28(6-2-5-23)19-7-12(29(32)33)3-4-13(14)19/h3-4,7-10H,2,5-6,23H2,1H3,(H,25,31)(H,26,27). The van der Waals surface area contributed by atoms with E-state index in [9.17, 15) is 19.7 Å². The van der Waals surface area contributed by atoms with E-state index in [1.807, 2.05) is 4.57 Å². The molecule has 0 fully saturated rings. The maximum atomic E-state index is 13.0. The van der Waals surface area contributed by atoms with Gasteiger partial charge in [-0.3, -0.25) is 19.7 Å². The first kappa shape index (κ1) is 21.3. The zero-order chi connectivity index (χ0) is 24.0. The van der Waals surface area contributed by atoms with Crippen molar-refractivity contribution < 1.29 is 14.5 Å². The summed E-state index contributed by atoms with van der Waals surface area (Å²) in [7, 11) is 0. The molecular formula is C22H19N7O5. The lowest BCUT2D eigenvalue weighted by Gasteiger charge is -2.03. The molecular weight excluding hydrogens is 442 g/mol. The van der Waals surface area contributed by atoms with Crippen molar-refractivity contribution >= 4 is 44.6 Å². The van der Waals surface area contributed by atoms with Crippen molar-refractivity contribution in [3.63, 3.8) is 0 Å². The van der Waals surface area contributed by atoms with E-state index in [2.05, 4.69) is 19.9 Å². The summed E-state index contributed by atoms with van der Waals surface area (Å²) >= 11 is 0. The topological polar surface area (TPSA) is 175 Å². The molecule has 0 atom stereocenters. The van der Waals surface area contributed by atoms with Crippen LogP contribution in [0.25, 0.3) is 44.2 Å². The number of nitrogens with one attached hydrogen (secondary N) is 2. The van der Waals surface area contributed by atoms with E-state index >= 15 is 0 Å². The molecule has 0 saturated carbocycles. The summed E-state index contributed by atoms with van der Waals surface area (Å²) in [5.41, 5.74) is 8.57. The highest BCUT2D eigenvalue weighted by molar-refractivity contribution is 5.98. The minimum absolute atomic E-state index is 0.0447. The summed E-state index contributed by atoms with van der Waals surface area (Å²) in [5.74, 6) is -0.510. The molecule has 0 bridgehead atoms. The van der Waals surface area contributed by atoms with Gasteiger partial charge >= 0.3 is 12.0 Å². The van der Waals surface area contributed by atoms with E-state index in [-0.39, 0.29) is 17.4 Å². The SMILES string of the molecule is CC(=O)Oc1nc2cc3[nH]c(=O)c(-c4cn(CCCN)c5cc([N+](=O)[O-])ccc45)nc3cc2[nH]1. The van der Waals surface area contributed by atoms with Crippen LogP contribution in [0.5, 0.6) is 6.01 Å². The molecule has 3 aromatic heterocycles. The highest BCUT2D eigenvalue weighted by Crippen LogP contribution is 2.32. The van der Waals surface area contributed by atoms with Crippen molar-refractivity contribution in [2.24, 2.45) is 5.73 Å². The van der Waals surface area contributed by atoms with Crippen molar-refractivity contribution in [2.45, 2.75) is 19.9 Å². The van der Waals surface area contributed by atoms with Gasteiger partial charge in [0.05, 0.1) is 32.5 Å². The quantitative estimate of drug-likeness (QED) is 0.196. The molecule has 12 nitrogen and oxygen atoms in total. The van der Waals surface area contributed by atoms with E-state index in [4.69, 9.17) is 10.5 Å². The van der Waals surface area contributed by atoms with Gasteiger partial charge in [-0.05, 0) is 31.2 Å². The lowest BCUT2D eigenvalue weighted by Crippen LogP contribution is -2.11. The average Bonchev–Trinajstić information content (AvgIpc) is 3.34. The Hall–Kier alpha value is -4.58. The van der Waals surface area contributed by atoms with Gasteiger partial charge in [0.25, 0.3) is 11.2 Å². The molecule has 0 aliphatic heterocycles. The van der Waals surface area contributed by atoms with Gasteiger partial charge in [0.2, 0.25) is 0 Å². The summed E-state index contributed by atoms with van der Waals surface area (Å²) in [6.07, 6.45) is 2.43. The van der Waals surface area contributed by atoms with Gasteiger partial charge < -0.3 is 25.0 Å². The van der Waals surface area contributed by atoms with E-state index in [1.54, 1.807) is 24.4 Å². The molecule has 0 saturated heterocycles. The third-order valence-corrected chi connectivity index (χ3v) is 5.45. The van der Waals surface area contributed by atoms with Crippen LogP contribution in [0.4, 0.5) is 5.69 Å². The van der Waals surface area contributed by atoms with Gasteiger partial charge in [-0.25, -0.2) is 4.98 Å². The van der Waals surface area contributed by atoms with Gasteiger partial charge in [-0.1, -0.05) is 0 Å². The van der Waals surface area contributed by atoms with Crippen molar-refractivity contribution in [3.8, 4) is 17.3 Å². The number of esters is 1. The summed E-state index contributed by atoms with van der Waals surface area (Å²) in [5, 5.41) is 12.0. The number of nitrogens with two attached hydrogens (primary N) is 1. The Morgan fingerprint density at radius 2 is 1.91 bits per heavy atom. The molecule has 12 heteroatoms. The fraction of sp³-hybridized carbons (Fsp3) is 0.182. The summed E-state index contributed by atoms with van der Waals surface area (Å²) in [6, 6.07) is 7.89. The molecule has 0 spiro atoms. The number of nitro groups is 1. The number of fused-ring (bicyclic) bond motifs is 3. The number of hydrogen-bond donors (Lipinski definition) is 3. The minimum atomic E-state index is -0.510. The Morgan fingerprint density at radius 3 is 2.62 bits per heavy atom. The fourth-order valence-electron chi connectivity index (χ4n) is 3.96. The molecule has 172 valence electrons. The number of rotatable bonds is 6. The number of aromatic nitrogens is 5. The number of aryl methyl sites for hydroxylation is 1. The highest BCUT2D eigenvalue weighted by Gasteiger charge is 2.19. The molecule has 5 rings (SSSR count). The zero-order valence-electron chi connectivity index (χ0n) is 18.0. The predicted molar refractivity (Wildman–Crippen MR) is 125 cm³/mol. The maximum Gasteiger partial charge on any atom is 0.310 e. The number of benzene rings is 2. The van der Waals surface area contributed by atoms with Gasteiger partial charge in [0, 0.05) is 42.7 Å². The third kappa shape index (κ3) is 3.65. The monoisotopic (exact) mass is 461 g/mol. The van der Waals surface area contributed by atoms with E-state index < -0.39 is 16.5 Å².